The average Bonchev–Trinajstić information content (AvgIpc) is 2.85. The molecule has 2 heterocycles. The van der Waals surface area contributed by atoms with Crippen molar-refractivity contribution in [3.63, 3.8) is 0 Å². The molecule has 0 aromatic heterocycles. The molecule has 4 heteroatoms. The third-order valence-electron chi connectivity index (χ3n) is 4.61. The van der Waals surface area contributed by atoms with Gasteiger partial charge >= 0.3 is 0 Å². The standard InChI is InChI=1S/C15H21FN2.ClH/c1-11(12-3-2-4-15(16)7-12)18-6-5-13-8-17-9-14(13)10-18;/h2-4,7,11,13-14,17H,5-6,8-10H2,1H3;1H. The quantitative estimate of drug-likeness (QED) is 0.898. The van der Waals surface area contributed by atoms with Crippen LogP contribution < -0.4 is 5.32 Å². The number of hydrogen-bond donors (Lipinski definition) is 1. The van der Waals surface area contributed by atoms with E-state index in [1.165, 1.54) is 19.0 Å². The number of benzene rings is 1. The molecular weight excluding hydrogens is 263 g/mol. The van der Waals surface area contributed by atoms with Crippen LogP contribution in [0, 0.1) is 17.7 Å². The highest BCUT2D eigenvalue weighted by molar-refractivity contribution is 5.85. The SMILES string of the molecule is CC(c1cccc(F)c1)N1CCC2CNCC2C1.Cl. The van der Waals surface area contributed by atoms with E-state index >= 15 is 0 Å². The third-order valence-corrected chi connectivity index (χ3v) is 4.61. The minimum absolute atomic E-state index is 0. The lowest BCUT2D eigenvalue weighted by Gasteiger charge is -2.38. The van der Waals surface area contributed by atoms with E-state index in [4.69, 9.17) is 0 Å². The van der Waals surface area contributed by atoms with Crippen molar-refractivity contribution in [3.8, 4) is 0 Å². The van der Waals surface area contributed by atoms with Gasteiger partial charge < -0.3 is 5.32 Å². The number of likely N-dealkylation sites (tertiary alicyclic amines) is 1. The molecule has 2 aliphatic rings. The summed E-state index contributed by atoms with van der Waals surface area (Å²) in [4.78, 5) is 2.50. The molecule has 2 aliphatic heterocycles. The molecule has 0 saturated carbocycles. The first kappa shape index (κ1) is 14.8. The highest BCUT2D eigenvalue weighted by Crippen LogP contribution is 2.31. The summed E-state index contributed by atoms with van der Waals surface area (Å²) in [5.41, 5.74) is 1.10. The maximum atomic E-state index is 13.3. The van der Waals surface area contributed by atoms with E-state index in [0.717, 1.165) is 37.0 Å². The summed E-state index contributed by atoms with van der Waals surface area (Å²) in [6, 6.07) is 7.35. The predicted molar refractivity (Wildman–Crippen MR) is 78.1 cm³/mol. The molecule has 0 amide bonds. The van der Waals surface area contributed by atoms with Crippen LogP contribution in [0.25, 0.3) is 0 Å². The average molecular weight is 285 g/mol. The van der Waals surface area contributed by atoms with E-state index < -0.39 is 0 Å². The van der Waals surface area contributed by atoms with Gasteiger partial charge in [0.05, 0.1) is 0 Å². The van der Waals surface area contributed by atoms with Crippen molar-refractivity contribution in [2.24, 2.45) is 11.8 Å². The summed E-state index contributed by atoms with van der Waals surface area (Å²) in [5, 5.41) is 3.49. The fourth-order valence-corrected chi connectivity index (χ4v) is 3.39. The van der Waals surface area contributed by atoms with Crippen molar-refractivity contribution in [2.75, 3.05) is 26.2 Å². The largest absolute Gasteiger partial charge is 0.316 e. The number of piperidine rings is 1. The monoisotopic (exact) mass is 284 g/mol. The molecule has 2 nitrogen and oxygen atoms in total. The Hall–Kier alpha value is -0.640. The molecule has 3 unspecified atom stereocenters. The summed E-state index contributed by atoms with van der Waals surface area (Å²) in [5.74, 6) is 1.52. The van der Waals surface area contributed by atoms with Gasteiger partial charge in [0.25, 0.3) is 0 Å². The van der Waals surface area contributed by atoms with E-state index in [0.29, 0.717) is 6.04 Å². The highest BCUT2D eigenvalue weighted by atomic mass is 35.5. The smallest absolute Gasteiger partial charge is 0.123 e. The molecule has 3 atom stereocenters. The van der Waals surface area contributed by atoms with Gasteiger partial charge in [0.15, 0.2) is 0 Å². The summed E-state index contributed by atoms with van der Waals surface area (Å²) in [6.07, 6.45) is 1.28. The topological polar surface area (TPSA) is 15.3 Å². The lowest BCUT2D eigenvalue weighted by Crippen LogP contribution is -2.41. The Morgan fingerprint density at radius 1 is 1.32 bits per heavy atom. The summed E-state index contributed by atoms with van der Waals surface area (Å²) in [7, 11) is 0. The molecule has 2 saturated heterocycles. The Bertz CT molecular complexity index is 426. The summed E-state index contributed by atoms with van der Waals surface area (Å²) < 4.78 is 13.3. The van der Waals surface area contributed by atoms with Crippen LogP contribution >= 0.6 is 12.4 Å². The van der Waals surface area contributed by atoms with Crippen molar-refractivity contribution < 1.29 is 4.39 Å². The summed E-state index contributed by atoms with van der Waals surface area (Å²) in [6.45, 7) is 6.82. The fourth-order valence-electron chi connectivity index (χ4n) is 3.39. The van der Waals surface area contributed by atoms with Crippen molar-refractivity contribution >= 4 is 12.4 Å². The third kappa shape index (κ3) is 3.10. The molecule has 0 aliphatic carbocycles. The minimum Gasteiger partial charge on any atom is -0.316 e. The Kier molecular flexibility index (Phi) is 4.82. The second-order valence-electron chi connectivity index (χ2n) is 5.69. The lowest BCUT2D eigenvalue weighted by molar-refractivity contribution is 0.111. The second kappa shape index (κ2) is 6.21. The predicted octanol–water partition coefficient (Wildman–Crippen LogP) is 2.85. The number of nitrogens with one attached hydrogen (secondary N) is 1. The van der Waals surface area contributed by atoms with Crippen molar-refractivity contribution in [2.45, 2.75) is 19.4 Å². The number of hydrogen-bond acceptors (Lipinski definition) is 2. The van der Waals surface area contributed by atoms with Gasteiger partial charge in [-0.1, -0.05) is 12.1 Å². The first-order valence-electron chi connectivity index (χ1n) is 6.94. The molecule has 19 heavy (non-hydrogen) atoms. The zero-order chi connectivity index (χ0) is 12.5. The zero-order valence-electron chi connectivity index (χ0n) is 11.3. The molecule has 1 aromatic carbocycles. The van der Waals surface area contributed by atoms with E-state index in [2.05, 4.69) is 17.1 Å². The van der Waals surface area contributed by atoms with E-state index in [1.807, 2.05) is 12.1 Å². The number of halogens is 2. The van der Waals surface area contributed by atoms with Crippen LogP contribution in [0.15, 0.2) is 24.3 Å². The van der Waals surface area contributed by atoms with Gasteiger partial charge in [0.2, 0.25) is 0 Å². The van der Waals surface area contributed by atoms with Gasteiger partial charge in [-0.3, -0.25) is 4.90 Å². The van der Waals surface area contributed by atoms with Crippen molar-refractivity contribution in [1.29, 1.82) is 0 Å². The van der Waals surface area contributed by atoms with Crippen LogP contribution in [0.3, 0.4) is 0 Å². The lowest BCUT2D eigenvalue weighted by atomic mass is 9.87. The number of fused-ring (bicyclic) bond motifs is 1. The Morgan fingerprint density at radius 3 is 2.89 bits per heavy atom. The molecule has 1 aromatic rings. The first-order chi connectivity index (χ1) is 8.74. The Balaban J connectivity index is 0.00000133. The number of nitrogens with zero attached hydrogens (tertiary/aromatic N) is 1. The van der Waals surface area contributed by atoms with Crippen LogP contribution in [-0.2, 0) is 0 Å². The van der Waals surface area contributed by atoms with Gasteiger partial charge in [-0.05, 0) is 62.5 Å². The van der Waals surface area contributed by atoms with Gasteiger partial charge in [-0.2, -0.15) is 0 Å². The van der Waals surface area contributed by atoms with Crippen molar-refractivity contribution in [1.82, 2.24) is 10.2 Å². The Labute approximate surface area is 120 Å². The molecule has 0 spiro atoms. The summed E-state index contributed by atoms with van der Waals surface area (Å²) >= 11 is 0. The Morgan fingerprint density at radius 2 is 2.11 bits per heavy atom. The van der Waals surface area contributed by atoms with Gasteiger partial charge in [-0.25, -0.2) is 4.39 Å². The molecule has 0 radical (unpaired) electrons. The molecule has 1 N–H and O–H groups in total. The first-order valence-corrected chi connectivity index (χ1v) is 6.94. The van der Waals surface area contributed by atoms with Crippen LogP contribution in [0.4, 0.5) is 4.39 Å². The fraction of sp³-hybridized carbons (Fsp3) is 0.600. The van der Waals surface area contributed by atoms with Crippen LogP contribution in [0.5, 0.6) is 0 Å². The van der Waals surface area contributed by atoms with Crippen LogP contribution in [0.2, 0.25) is 0 Å². The number of rotatable bonds is 2. The van der Waals surface area contributed by atoms with Gasteiger partial charge in [-0.15, -0.1) is 12.4 Å². The highest BCUT2D eigenvalue weighted by Gasteiger charge is 2.34. The maximum absolute atomic E-state index is 13.3. The molecule has 0 bridgehead atoms. The van der Waals surface area contributed by atoms with Gasteiger partial charge in [0, 0.05) is 12.6 Å². The van der Waals surface area contributed by atoms with Crippen LogP contribution in [0.1, 0.15) is 24.9 Å². The molecule has 3 rings (SSSR count). The normalized spacial score (nSPS) is 28.5. The minimum atomic E-state index is -0.128. The molecule has 2 fully saturated rings. The molecular formula is C15H22ClFN2. The van der Waals surface area contributed by atoms with E-state index in [-0.39, 0.29) is 18.2 Å². The molecule has 106 valence electrons. The van der Waals surface area contributed by atoms with Crippen LogP contribution in [-0.4, -0.2) is 31.1 Å². The van der Waals surface area contributed by atoms with Crippen molar-refractivity contribution in [3.05, 3.63) is 35.6 Å². The van der Waals surface area contributed by atoms with Gasteiger partial charge in [0.1, 0.15) is 5.82 Å². The maximum Gasteiger partial charge on any atom is 0.123 e. The van der Waals surface area contributed by atoms with E-state index in [1.54, 1.807) is 6.07 Å². The zero-order valence-corrected chi connectivity index (χ0v) is 12.1. The van der Waals surface area contributed by atoms with E-state index in [9.17, 15) is 4.39 Å². The second-order valence-corrected chi connectivity index (χ2v) is 5.69.